The lowest BCUT2D eigenvalue weighted by Crippen LogP contribution is -2.57. The Bertz CT molecular complexity index is 544. The number of hydrogen-bond donors (Lipinski definition) is 2. The topological polar surface area (TPSA) is 61.4 Å². The molecule has 0 bridgehead atoms. The quantitative estimate of drug-likeness (QED) is 0.889. The van der Waals surface area contributed by atoms with Crippen molar-refractivity contribution < 1.29 is 9.59 Å². The van der Waals surface area contributed by atoms with Crippen LogP contribution in [0.2, 0.25) is 0 Å². The predicted octanol–water partition coefficient (Wildman–Crippen LogP) is 1.65. The number of nitrogens with one attached hydrogen (secondary N) is 2. The van der Waals surface area contributed by atoms with Crippen LogP contribution in [0.1, 0.15) is 47.9 Å². The molecule has 0 aromatic heterocycles. The molecule has 5 heteroatoms. The van der Waals surface area contributed by atoms with Crippen LogP contribution >= 0.6 is 0 Å². The lowest BCUT2D eigenvalue weighted by atomic mass is 10.0. The monoisotopic (exact) mass is 303 g/mol. The lowest BCUT2D eigenvalue weighted by molar-refractivity contribution is 0.0603. The van der Waals surface area contributed by atoms with Gasteiger partial charge in [-0.3, -0.25) is 9.59 Å². The highest BCUT2D eigenvalue weighted by Crippen LogP contribution is 2.15. The molecule has 22 heavy (non-hydrogen) atoms. The summed E-state index contributed by atoms with van der Waals surface area (Å²) < 4.78 is 0. The Labute approximate surface area is 132 Å². The fourth-order valence-electron chi connectivity index (χ4n) is 2.64. The summed E-state index contributed by atoms with van der Waals surface area (Å²) in [6.07, 6.45) is 0.889. The van der Waals surface area contributed by atoms with Gasteiger partial charge in [0.15, 0.2) is 0 Å². The molecule has 2 unspecified atom stereocenters. The number of carbonyl (C=O) groups excluding carboxylic acids is 2. The van der Waals surface area contributed by atoms with E-state index < -0.39 is 0 Å². The van der Waals surface area contributed by atoms with E-state index in [0.29, 0.717) is 24.2 Å². The zero-order chi connectivity index (χ0) is 16.1. The van der Waals surface area contributed by atoms with Crippen molar-refractivity contribution in [2.75, 3.05) is 19.6 Å². The average molecular weight is 303 g/mol. The van der Waals surface area contributed by atoms with Gasteiger partial charge >= 0.3 is 0 Å². The van der Waals surface area contributed by atoms with Gasteiger partial charge in [-0.25, -0.2) is 0 Å². The van der Waals surface area contributed by atoms with Gasteiger partial charge in [0.05, 0.1) is 0 Å². The minimum atomic E-state index is -0.127. The van der Waals surface area contributed by atoms with Gasteiger partial charge in [0.1, 0.15) is 0 Å². The summed E-state index contributed by atoms with van der Waals surface area (Å²) in [5, 5.41) is 6.20. The Morgan fingerprint density at radius 3 is 2.77 bits per heavy atom. The zero-order valence-corrected chi connectivity index (χ0v) is 13.6. The molecule has 0 radical (unpaired) electrons. The lowest BCUT2D eigenvalue weighted by Gasteiger charge is -2.38. The highest BCUT2D eigenvalue weighted by Gasteiger charge is 2.28. The Kier molecular flexibility index (Phi) is 5.55. The number of carbonyl (C=O) groups is 2. The molecule has 2 amide bonds. The predicted molar refractivity (Wildman–Crippen MR) is 87.0 cm³/mol. The number of rotatable bonds is 4. The van der Waals surface area contributed by atoms with Crippen LogP contribution < -0.4 is 10.6 Å². The normalized spacial score (nSPS) is 21.5. The molecule has 1 saturated heterocycles. The Morgan fingerprint density at radius 1 is 1.32 bits per heavy atom. The minimum Gasteiger partial charge on any atom is -0.352 e. The largest absolute Gasteiger partial charge is 0.352 e. The van der Waals surface area contributed by atoms with E-state index in [1.807, 2.05) is 18.7 Å². The number of piperazine rings is 1. The van der Waals surface area contributed by atoms with E-state index in [0.717, 1.165) is 13.0 Å². The highest BCUT2D eigenvalue weighted by atomic mass is 16.2. The fraction of sp³-hybridized carbons (Fsp3) is 0.529. The second-order valence-corrected chi connectivity index (χ2v) is 5.82. The fourth-order valence-corrected chi connectivity index (χ4v) is 2.64. The summed E-state index contributed by atoms with van der Waals surface area (Å²) in [5.41, 5.74) is 1.11. The van der Waals surface area contributed by atoms with E-state index >= 15 is 0 Å². The van der Waals surface area contributed by atoms with Gasteiger partial charge in [0.25, 0.3) is 11.8 Å². The smallest absolute Gasteiger partial charge is 0.254 e. The second-order valence-electron chi connectivity index (χ2n) is 5.82. The van der Waals surface area contributed by atoms with Crippen molar-refractivity contribution in [3.63, 3.8) is 0 Å². The van der Waals surface area contributed by atoms with E-state index in [1.165, 1.54) is 0 Å². The van der Waals surface area contributed by atoms with Crippen molar-refractivity contribution in [3.05, 3.63) is 35.4 Å². The van der Waals surface area contributed by atoms with Crippen LogP contribution in [0, 0.1) is 0 Å². The summed E-state index contributed by atoms with van der Waals surface area (Å²) in [6, 6.07) is 7.38. The first kappa shape index (κ1) is 16.5. The third kappa shape index (κ3) is 3.65. The molecule has 1 aromatic rings. The van der Waals surface area contributed by atoms with Crippen LogP contribution in [0.25, 0.3) is 0 Å². The van der Waals surface area contributed by atoms with Gasteiger partial charge in [0, 0.05) is 42.8 Å². The van der Waals surface area contributed by atoms with Gasteiger partial charge in [0.2, 0.25) is 0 Å². The number of benzene rings is 1. The molecular formula is C17H25N3O2. The van der Waals surface area contributed by atoms with Crippen LogP contribution in [-0.4, -0.2) is 48.4 Å². The molecule has 120 valence electrons. The maximum atomic E-state index is 12.7. The first-order chi connectivity index (χ1) is 10.5. The van der Waals surface area contributed by atoms with Crippen molar-refractivity contribution in [1.82, 2.24) is 15.5 Å². The molecule has 0 aliphatic carbocycles. The maximum absolute atomic E-state index is 12.7. The summed E-state index contributed by atoms with van der Waals surface area (Å²) >= 11 is 0. The second kappa shape index (κ2) is 7.40. The van der Waals surface area contributed by atoms with Crippen LogP contribution in [0.5, 0.6) is 0 Å². The maximum Gasteiger partial charge on any atom is 0.254 e. The first-order valence-corrected chi connectivity index (χ1v) is 7.97. The molecule has 1 aliphatic heterocycles. The van der Waals surface area contributed by atoms with Crippen molar-refractivity contribution in [1.29, 1.82) is 0 Å². The SMILES string of the molecule is CCCNC(=O)c1cccc(C(=O)N2CCNC(C)C2C)c1. The van der Waals surface area contributed by atoms with Crippen LogP contribution in [0.3, 0.4) is 0 Å². The molecular weight excluding hydrogens is 278 g/mol. The van der Waals surface area contributed by atoms with Crippen LogP contribution in [-0.2, 0) is 0 Å². The highest BCUT2D eigenvalue weighted by molar-refractivity contribution is 5.99. The molecule has 2 atom stereocenters. The number of amides is 2. The van der Waals surface area contributed by atoms with Gasteiger partial charge in [-0.15, -0.1) is 0 Å². The van der Waals surface area contributed by atoms with Gasteiger partial charge < -0.3 is 15.5 Å². The van der Waals surface area contributed by atoms with E-state index in [9.17, 15) is 9.59 Å². The minimum absolute atomic E-state index is 0.00834. The Hall–Kier alpha value is -1.88. The third-order valence-electron chi connectivity index (χ3n) is 4.20. The van der Waals surface area contributed by atoms with Crippen molar-refractivity contribution in [2.45, 2.75) is 39.3 Å². The zero-order valence-electron chi connectivity index (χ0n) is 13.6. The molecule has 0 spiro atoms. The average Bonchev–Trinajstić information content (AvgIpc) is 2.54. The summed E-state index contributed by atoms with van der Waals surface area (Å²) in [4.78, 5) is 26.6. The Morgan fingerprint density at radius 2 is 2.05 bits per heavy atom. The molecule has 1 aliphatic rings. The summed E-state index contributed by atoms with van der Waals surface area (Å²) in [5.74, 6) is -0.135. The third-order valence-corrected chi connectivity index (χ3v) is 4.20. The molecule has 0 saturated carbocycles. The van der Waals surface area contributed by atoms with E-state index in [1.54, 1.807) is 24.3 Å². The van der Waals surface area contributed by atoms with Gasteiger partial charge in [-0.05, 0) is 38.5 Å². The number of nitrogens with zero attached hydrogens (tertiary/aromatic N) is 1. The van der Waals surface area contributed by atoms with Crippen LogP contribution in [0.4, 0.5) is 0 Å². The Balaban J connectivity index is 2.14. The molecule has 2 rings (SSSR count). The van der Waals surface area contributed by atoms with E-state index in [2.05, 4.69) is 17.6 Å². The standard InChI is InChI=1S/C17H25N3O2/c1-4-8-19-16(21)14-6-5-7-15(11-14)17(22)20-10-9-18-12(2)13(20)3/h5-7,11-13,18H,4,8-10H2,1-3H3,(H,19,21). The molecule has 5 nitrogen and oxygen atoms in total. The van der Waals surface area contributed by atoms with Gasteiger partial charge in [-0.2, -0.15) is 0 Å². The molecule has 1 heterocycles. The van der Waals surface area contributed by atoms with Gasteiger partial charge in [-0.1, -0.05) is 13.0 Å². The van der Waals surface area contributed by atoms with Crippen molar-refractivity contribution in [2.24, 2.45) is 0 Å². The summed E-state index contributed by atoms with van der Waals surface area (Å²) in [7, 11) is 0. The molecule has 1 fully saturated rings. The van der Waals surface area contributed by atoms with Crippen molar-refractivity contribution >= 4 is 11.8 Å². The first-order valence-electron chi connectivity index (χ1n) is 7.97. The molecule has 2 N–H and O–H groups in total. The summed E-state index contributed by atoms with van der Waals surface area (Å²) in [6.45, 7) is 8.27. The van der Waals surface area contributed by atoms with Crippen LogP contribution in [0.15, 0.2) is 24.3 Å². The molecule has 1 aromatic carbocycles. The van der Waals surface area contributed by atoms with Crippen molar-refractivity contribution in [3.8, 4) is 0 Å². The van der Waals surface area contributed by atoms with E-state index in [-0.39, 0.29) is 23.9 Å². The van der Waals surface area contributed by atoms with E-state index in [4.69, 9.17) is 0 Å². The number of hydrogen-bond acceptors (Lipinski definition) is 3.